The first-order valence-electron chi connectivity index (χ1n) is 3.42. The van der Waals surface area contributed by atoms with Crippen molar-refractivity contribution in [3.8, 4) is 0 Å². The van der Waals surface area contributed by atoms with E-state index in [9.17, 15) is 16.8 Å². The van der Waals surface area contributed by atoms with Gasteiger partial charge in [0.05, 0.1) is 11.5 Å². The first-order chi connectivity index (χ1) is 5.27. The molecule has 0 spiro atoms. The molecule has 0 rings (SSSR count). The summed E-state index contributed by atoms with van der Waals surface area (Å²) in [6.07, 6.45) is 1.06. The normalized spacial score (nSPS) is 13.2. The molecule has 0 atom stereocenters. The third kappa shape index (κ3) is 6.56. The van der Waals surface area contributed by atoms with E-state index in [2.05, 4.69) is 4.72 Å². The van der Waals surface area contributed by atoms with E-state index in [-0.39, 0.29) is 18.1 Å². The Morgan fingerprint density at radius 1 is 1.17 bits per heavy atom. The molecule has 0 heterocycles. The topological polar surface area (TPSA) is 80.3 Å². The van der Waals surface area contributed by atoms with Gasteiger partial charge in [-0.25, -0.2) is 21.6 Å². The molecule has 5 nitrogen and oxygen atoms in total. The number of hydrogen-bond acceptors (Lipinski definition) is 4. The van der Waals surface area contributed by atoms with E-state index in [4.69, 9.17) is 0 Å². The zero-order valence-corrected chi connectivity index (χ0v) is 8.70. The van der Waals surface area contributed by atoms with Crippen LogP contribution in [-0.4, -0.2) is 41.1 Å². The van der Waals surface area contributed by atoms with Gasteiger partial charge >= 0.3 is 0 Å². The monoisotopic (exact) mass is 215 g/mol. The lowest BCUT2D eigenvalue weighted by Crippen LogP contribution is -2.29. The van der Waals surface area contributed by atoms with Crippen LogP contribution in [-0.2, 0) is 19.9 Å². The molecule has 0 amide bonds. The summed E-state index contributed by atoms with van der Waals surface area (Å²) in [5, 5.41) is 0. The van der Waals surface area contributed by atoms with E-state index in [1.165, 1.54) is 6.92 Å². The molecule has 0 saturated carbocycles. The summed E-state index contributed by atoms with van der Waals surface area (Å²) in [5.41, 5.74) is 0. The highest BCUT2D eigenvalue weighted by atomic mass is 32.2. The number of nitrogens with one attached hydrogen (secondary N) is 1. The van der Waals surface area contributed by atoms with Crippen molar-refractivity contribution in [3.63, 3.8) is 0 Å². The Balaban J connectivity index is 3.89. The predicted octanol–water partition coefficient (Wildman–Crippen LogP) is -1.03. The summed E-state index contributed by atoms with van der Waals surface area (Å²) in [5.74, 6) is -0.191. The van der Waals surface area contributed by atoms with Gasteiger partial charge in [0.1, 0.15) is 9.84 Å². The summed E-state index contributed by atoms with van der Waals surface area (Å²) < 4.78 is 44.9. The Bertz CT molecular complexity index is 315. The van der Waals surface area contributed by atoms with Gasteiger partial charge in [0.15, 0.2) is 0 Å². The summed E-state index contributed by atoms with van der Waals surface area (Å²) in [4.78, 5) is 0. The lowest BCUT2D eigenvalue weighted by Gasteiger charge is -2.01. The summed E-state index contributed by atoms with van der Waals surface area (Å²) in [6, 6.07) is 0. The summed E-state index contributed by atoms with van der Waals surface area (Å²) in [6.45, 7) is 1.44. The van der Waals surface area contributed by atoms with Gasteiger partial charge < -0.3 is 0 Å². The standard InChI is InChI=1S/C5H13NO4S2/c1-3-12(9,10)6-4-5-11(2,7)8/h6H,3-5H2,1-2H3. The van der Waals surface area contributed by atoms with Gasteiger partial charge in [-0.1, -0.05) is 0 Å². The van der Waals surface area contributed by atoms with Crippen LogP contribution in [0.15, 0.2) is 0 Å². The van der Waals surface area contributed by atoms with Gasteiger partial charge in [0.2, 0.25) is 10.0 Å². The lowest BCUT2D eigenvalue weighted by atomic mass is 10.8. The van der Waals surface area contributed by atoms with Crippen LogP contribution in [0.4, 0.5) is 0 Å². The van der Waals surface area contributed by atoms with Crippen molar-refractivity contribution in [1.82, 2.24) is 4.72 Å². The van der Waals surface area contributed by atoms with Crippen LogP contribution in [0.1, 0.15) is 6.92 Å². The van der Waals surface area contributed by atoms with Crippen LogP contribution in [0.25, 0.3) is 0 Å². The fraction of sp³-hybridized carbons (Fsp3) is 1.00. The van der Waals surface area contributed by atoms with E-state index in [0.717, 1.165) is 6.26 Å². The van der Waals surface area contributed by atoms with Gasteiger partial charge in [0, 0.05) is 12.8 Å². The minimum absolute atomic E-state index is 0.0310. The van der Waals surface area contributed by atoms with Gasteiger partial charge in [0.25, 0.3) is 0 Å². The fourth-order valence-corrected chi connectivity index (χ4v) is 1.70. The molecular formula is C5H13NO4S2. The van der Waals surface area contributed by atoms with Crippen LogP contribution >= 0.6 is 0 Å². The van der Waals surface area contributed by atoms with Crippen molar-refractivity contribution in [2.75, 3.05) is 24.3 Å². The second-order valence-corrected chi connectivity index (χ2v) is 6.78. The molecule has 0 saturated heterocycles. The zero-order valence-electron chi connectivity index (χ0n) is 7.07. The molecule has 0 bridgehead atoms. The van der Waals surface area contributed by atoms with Crippen LogP contribution in [0, 0.1) is 0 Å². The molecule has 12 heavy (non-hydrogen) atoms. The first kappa shape index (κ1) is 11.9. The highest BCUT2D eigenvalue weighted by Gasteiger charge is 2.07. The first-order valence-corrected chi connectivity index (χ1v) is 7.13. The van der Waals surface area contributed by atoms with Gasteiger partial charge in [-0.2, -0.15) is 0 Å². The minimum atomic E-state index is -3.26. The van der Waals surface area contributed by atoms with E-state index >= 15 is 0 Å². The van der Waals surface area contributed by atoms with Gasteiger partial charge in [-0.15, -0.1) is 0 Å². The number of sulfone groups is 1. The largest absolute Gasteiger partial charge is 0.229 e. The minimum Gasteiger partial charge on any atom is -0.229 e. The molecule has 0 aliphatic rings. The molecule has 1 N–H and O–H groups in total. The smallest absolute Gasteiger partial charge is 0.211 e. The zero-order chi connectivity index (χ0) is 9.83. The van der Waals surface area contributed by atoms with E-state index in [0.29, 0.717) is 0 Å². The number of rotatable bonds is 5. The lowest BCUT2D eigenvalue weighted by molar-refractivity contribution is 0.583. The van der Waals surface area contributed by atoms with Crippen LogP contribution in [0.5, 0.6) is 0 Å². The maximum Gasteiger partial charge on any atom is 0.211 e. The maximum atomic E-state index is 10.8. The van der Waals surface area contributed by atoms with Crippen molar-refractivity contribution in [2.24, 2.45) is 0 Å². The van der Waals surface area contributed by atoms with Crippen LogP contribution in [0.3, 0.4) is 0 Å². The van der Waals surface area contributed by atoms with Crippen molar-refractivity contribution in [2.45, 2.75) is 6.92 Å². The van der Waals surface area contributed by atoms with E-state index < -0.39 is 19.9 Å². The summed E-state index contributed by atoms with van der Waals surface area (Å²) in [7, 11) is -6.34. The highest BCUT2D eigenvalue weighted by Crippen LogP contribution is 1.84. The quantitative estimate of drug-likeness (QED) is 0.636. The van der Waals surface area contributed by atoms with Gasteiger partial charge in [-0.05, 0) is 6.92 Å². The molecule has 0 aromatic rings. The molecule has 7 heteroatoms. The molecule has 74 valence electrons. The Morgan fingerprint density at radius 2 is 1.67 bits per heavy atom. The van der Waals surface area contributed by atoms with Crippen molar-refractivity contribution >= 4 is 19.9 Å². The van der Waals surface area contributed by atoms with E-state index in [1.807, 2.05) is 0 Å². The Labute approximate surface area is 73.1 Å². The molecule has 0 aliphatic heterocycles. The van der Waals surface area contributed by atoms with Crippen LogP contribution < -0.4 is 4.72 Å². The van der Waals surface area contributed by atoms with Crippen LogP contribution in [0.2, 0.25) is 0 Å². The average molecular weight is 215 g/mol. The molecule has 0 fully saturated rings. The SMILES string of the molecule is CCS(=O)(=O)NCCS(C)(=O)=O. The third-order valence-corrected chi connectivity index (χ3v) is 3.52. The van der Waals surface area contributed by atoms with Crippen molar-refractivity contribution in [3.05, 3.63) is 0 Å². The molecule has 0 aromatic heterocycles. The van der Waals surface area contributed by atoms with Crippen molar-refractivity contribution in [1.29, 1.82) is 0 Å². The second-order valence-electron chi connectivity index (χ2n) is 2.43. The Morgan fingerprint density at radius 3 is 2.00 bits per heavy atom. The Hall–Kier alpha value is -0.140. The second kappa shape index (κ2) is 4.20. The third-order valence-electron chi connectivity index (χ3n) is 1.17. The molecule has 0 aliphatic carbocycles. The summed E-state index contributed by atoms with van der Waals surface area (Å²) >= 11 is 0. The molecule has 0 aromatic carbocycles. The van der Waals surface area contributed by atoms with Gasteiger partial charge in [-0.3, -0.25) is 0 Å². The average Bonchev–Trinajstić information content (AvgIpc) is 1.84. The maximum absolute atomic E-state index is 10.8. The number of sulfonamides is 1. The predicted molar refractivity (Wildman–Crippen MR) is 47.2 cm³/mol. The molecular weight excluding hydrogens is 202 g/mol. The van der Waals surface area contributed by atoms with E-state index in [1.54, 1.807) is 0 Å². The molecule has 0 unspecified atom stereocenters. The Kier molecular flexibility index (Phi) is 4.15. The molecule has 0 radical (unpaired) electrons. The number of hydrogen-bond donors (Lipinski definition) is 1. The highest BCUT2D eigenvalue weighted by molar-refractivity contribution is 7.91. The van der Waals surface area contributed by atoms with Crippen molar-refractivity contribution < 1.29 is 16.8 Å². The fourth-order valence-electron chi connectivity index (χ4n) is 0.485.